The van der Waals surface area contributed by atoms with E-state index in [-0.39, 0.29) is 29.4 Å². The summed E-state index contributed by atoms with van der Waals surface area (Å²) in [4.78, 5) is 25.4. The van der Waals surface area contributed by atoms with E-state index in [0.717, 1.165) is 43.8 Å². The fourth-order valence-corrected chi connectivity index (χ4v) is 4.35. The fraction of sp³-hybridized carbons (Fsp3) is 0.455. The third kappa shape index (κ3) is 4.65. The molecule has 2 aromatic rings. The number of halogens is 1. The number of pyridine rings is 1. The number of carbonyl (C=O) groups is 1. The Morgan fingerprint density at radius 3 is 2.76 bits per heavy atom. The van der Waals surface area contributed by atoms with Crippen LogP contribution in [-0.2, 0) is 13.0 Å². The van der Waals surface area contributed by atoms with Gasteiger partial charge in [-0.25, -0.2) is 0 Å². The fourth-order valence-electron chi connectivity index (χ4n) is 4.35. The van der Waals surface area contributed by atoms with Gasteiger partial charge in [-0.3, -0.25) is 9.59 Å². The van der Waals surface area contributed by atoms with Crippen LogP contribution in [0.3, 0.4) is 0 Å². The zero-order valence-electron chi connectivity index (χ0n) is 16.6. The van der Waals surface area contributed by atoms with E-state index in [2.05, 4.69) is 10.6 Å². The molecule has 2 atom stereocenters. The average molecular weight is 418 g/mol. The highest BCUT2D eigenvalue weighted by Gasteiger charge is 2.31. The molecular formula is C22H28ClN3O3. The van der Waals surface area contributed by atoms with Gasteiger partial charge in [0.15, 0.2) is 0 Å². The summed E-state index contributed by atoms with van der Waals surface area (Å²) < 4.78 is 6.98. The van der Waals surface area contributed by atoms with Crippen molar-refractivity contribution in [3.63, 3.8) is 0 Å². The number of aryl methyl sites for hydroxylation is 1. The van der Waals surface area contributed by atoms with Gasteiger partial charge < -0.3 is 19.9 Å². The monoisotopic (exact) mass is 417 g/mol. The molecule has 7 heteroatoms. The summed E-state index contributed by atoms with van der Waals surface area (Å²) in [6.07, 6.45) is 2.81. The topological polar surface area (TPSA) is 72.4 Å². The molecular weight excluding hydrogens is 390 g/mol. The maximum absolute atomic E-state index is 12.9. The number of nitrogens with one attached hydrogen (secondary N) is 2. The van der Waals surface area contributed by atoms with Gasteiger partial charge in [-0.1, -0.05) is 12.1 Å². The Morgan fingerprint density at radius 2 is 2.00 bits per heavy atom. The van der Waals surface area contributed by atoms with Crippen LogP contribution in [0.4, 0.5) is 0 Å². The Morgan fingerprint density at radius 1 is 1.21 bits per heavy atom. The van der Waals surface area contributed by atoms with Crippen molar-refractivity contribution in [1.29, 1.82) is 0 Å². The number of carbonyl (C=O) groups excluding carboxylic acids is 1. The minimum Gasteiger partial charge on any atom is -0.497 e. The molecule has 1 fully saturated rings. The van der Waals surface area contributed by atoms with E-state index < -0.39 is 0 Å². The number of benzene rings is 1. The molecule has 0 unspecified atom stereocenters. The number of piperidine rings is 1. The SMILES string of the molecule is COc1ccc(CCCNC(=O)c2ccc3n(c2=O)C[C@@H]2CNC[C@H]3C2)cc1.Cl. The van der Waals surface area contributed by atoms with Crippen molar-refractivity contribution in [2.75, 3.05) is 26.7 Å². The van der Waals surface area contributed by atoms with Gasteiger partial charge in [0, 0.05) is 31.2 Å². The number of ether oxygens (including phenoxy) is 1. The van der Waals surface area contributed by atoms with Gasteiger partial charge in [-0.2, -0.15) is 0 Å². The number of hydrogen-bond acceptors (Lipinski definition) is 4. The van der Waals surface area contributed by atoms with Crippen LogP contribution in [0.5, 0.6) is 5.75 Å². The van der Waals surface area contributed by atoms with Crippen molar-refractivity contribution in [2.45, 2.75) is 31.7 Å². The third-order valence-corrected chi connectivity index (χ3v) is 5.84. The van der Waals surface area contributed by atoms with E-state index >= 15 is 0 Å². The third-order valence-electron chi connectivity index (χ3n) is 5.84. The van der Waals surface area contributed by atoms with Crippen molar-refractivity contribution in [1.82, 2.24) is 15.2 Å². The zero-order valence-corrected chi connectivity index (χ0v) is 17.5. The molecule has 1 amide bonds. The quantitative estimate of drug-likeness (QED) is 0.708. The number of fused-ring (bicyclic) bond motifs is 4. The summed E-state index contributed by atoms with van der Waals surface area (Å²) >= 11 is 0. The zero-order chi connectivity index (χ0) is 19.5. The molecule has 156 valence electrons. The highest BCUT2D eigenvalue weighted by Crippen LogP contribution is 2.31. The highest BCUT2D eigenvalue weighted by molar-refractivity contribution is 5.93. The predicted octanol–water partition coefficient (Wildman–Crippen LogP) is 2.35. The van der Waals surface area contributed by atoms with E-state index in [1.54, 1.807) is 13.2 Å². The van der Waals surface area contributed by atoms with E-state index in [1.165, 1.54) is 5.56 Å². The minimum absolute atomic E-state index is 0. The number of nitrogens with zero attached hydrogens (tertiary/aromatic N) is 1. The molecule has 0 radical (unpaired) electrons. The molecule has 2 bridgehead atoms. The second kappa shape index (κ2) is 9.46. The summed E-state index contributed by atoms with van der Waals surface area (Å²) in [5, 5.41) is 6.34. The molecule has 2 aliphatic rings. The highest BCUT2D eigenvalue weighted by atomic mass is 35.5. The van der Waals surface area contributed by atoms with Gasteiger partial charge in [0.25, 0.3) is 11.5 Å². The number of aromatic nitrogens is 1. The van der Waals surface area contributed by atoms with Crippen LogP contribution in [0.15, 0.2) is 41.2 Å². The first-order valence-corrected chi connectivity index (χ1v) is 10.0. The molecule has 2 N–H and O–H groups in total. The molecule has 4 rings (SSSR count). The lowest BCUT2D eigenvalue weighted by Crippen LogP contribution is -2.46. The standard InChI is InChI=1S/C22H27N3O3.ClH/c1-28-18-6-4-15(5-7-18)3-2-10-24-21(26)19-8-9-20-17-11-16(12-23-13-17)14-25(20)22(19)27;/h4-9,16-17,23H,2-3,10-14H2,1H3,(H,24,26);1H/t16-,17+;/m0./s1. The van der Waals surface area contributed by atoms with Crippen LogP contribution in [0, 0.1) is 5.92 Å². The molecule has 2 aliphatic heterocycles. The number of hydrogen-bond donors (Lipinski definition) is 2. The van der Waals surface area contributed by atoms with E-state index in [4.69, 9.17) is 4.74 Å². The first-order chi connectivity index (χ1) is 13.7. The molecule has 1 saturated heterocycles. The minimum atomic E-state index is -0.274. The lowest BCUT2D eigenvalue weighted by molar-refractivity contribution is 0.0950. The first kappa shape index (κ1) is 21.4. The van der Waals surface area contributed by atoms with Crippen molar-refractivity contribution in [3.05, 3.63) is 63.6 Å². The van der Waals surface area contributed by atoms with Crippen LogP contribution in [-0.4, -0.2) is 37.2 Å². The summed E-state index contributed by atoms with van der Waals surface area (Å²) in [5.74, 6) is 1.42. The van der Waals surface area contributed by atoms with Crippen LogP contribution in [0.25, 0.3) is 0 Å². The number of methoxy groups -OCH3 is 1. The largest absolute Gasteiger partial charge is 0.497 e. The average Bonchev–Trinajstić information content (AvgIpc) is 2.72. The van der Waals surface area contributed by atoms with Gasteiger partial charge in [-0.05, 0) is 61.6 Å². The number of amides is 1. The van der Waals surface area contributed by atoms with Crippen LogP contribution in [0.2, 0.25) is 0 Å². The van der Waals surface area contributed by atoms with Crippen LogP contribution >= 0.6 is 12.4 Å². The predicted molar refractivity (Wildman–Crippen MR) is 115 cm³/mol. The normalized spacial score (nSPS) is 19.6. The summed E-state index contributed by atoms with van der Waals surface area (Å²) in [5.41, 5.74) is 2.36. The summed E-state index contributed by atoms with van der Waals surface area (Å²) in [7, 11) is 1.65. The van der Waals surface area contributed by atoms with E-state index in [0.29, 0.717) is 24.9 Å². The van der Waals surface area contributed by atoms with Crippen molar-refractivity contribution in [3.8, 4) is 5.75 Å². The van der Waals surface area contributed by atoms with E-state index in [1.807, 2.05) is 34.9 Å². The second-order valence-corrected chi connectivity index (χ2v) is 7.75. The van der Waals surface area contributed by atoms with Crippen LogP contribution < -0.4 is 20.9 Å². The van der Waals surface area contributed by atoms with Crippen molar-refractivity contribution >= 4 is 18.3 Å². The molecule has 1 aromatic carbocycles. The summed E-state index contributed by atoms with van der Waals surface area (Å²) in [6, 6.07) is 11.6. The van der Waals surface area contributed by atoms with Gasteiger partial charge in [0.05, 0.1) is 7.11 Å². The molecule has 3 heterocycles. The van der Waals surface area contributed by atoms with Crippen molar-refractivity contribution in [2.24, 2.45) is 5.92 Å². The van der Waals surface area contributed by atoms with Gasteiger partial charge in [0.1, 0.15) is 11.3 Å². The molecule has 29 heavy (non-hydrogen) atoms. The maximum Gasteiger partial charge on any atom is 0.263 e. The molecule has 1 aromatic heterocycles. The Bertz CT molecular complexity index is 911. The Hall–Kier alpha value is -2.31. The Labute approximate surface area is 177 Å². The molecule has 0 aliphatic carbocycles. The van der Waals surface area contributed by atoms with Gasteiger partial charge in [0.2, 0.25) is 0 Å². The van der Waals surface area contributed by atoms with Gasteiger partial charge >= 0.3 is 0 Å². The Kier molecular flexibility index (Phi) is 6.98. The lowest BCUT2D eigenvalue weighted by Gasteiger charge is -2.37. The Balaban J connectivity index is 0.00000240. The number of rotatable bonds is 6. The second-order valence-electron chi connectivity index (χ2n) is 7.75. The molecule has 0 spiro atoms. The smallest absolute Gasteiger partial charge is 0.263 e. The van der Waals surface area contributed by atoms with Crippen molar-refractivity contribution < 1.29 is 9.53 Å². The lowest BCUT2D eigenvalue weighted by atomic mass is 9.84. The summed E-state index contributed by atoms with van der Waals surface area (Å²) in [6.45, 7) is 3.11. The van der Waals surface area contributed by atoms with Gasteiger partial charge in [-0.15, -0.1) is 12.4 Å². The van der Waals surface area contributed by atoms with E-state index in [9.17, 15) is 9.59 Å². The molecule has 6 nitrogen and oxygen atoms in total. The van der Waals surface area contributed by atoms with Crippen LogP contribution in [0.1, 0.15) is 40.4 Å². The first-order valence-electron chi connectivity index (χ1n) is 10.0. The molecule has 0 saturated carbocycles. The maximum atomic E-state index is 12.9.